The van der Waals surface area contributed by atoms with Gasteiger partial charge in [0.1, 0.15) is 12.7 Å². The van der Waals surface area contributed by atoms with Crippen molar-refractivity contribution in [2.75, 3.05) is 11.9 Å². The van der Waals surface area contributed by atoms with Gasteiger partial charge in [-0.3, -0.25) is 0 Å². The summed E-state index contributed by atoms with van der Waals surface area (Å²) in [6.07, 6.45) is 9.91. The van der Waals surface area contributed by atoms with Gasteiger partial charge in [0, 0.05) is 6.20 Å². The average molecular weight is 199 g/mol. The van der Waals surface area contributed by atoms with Crippen molar-refractivity contribution in [2.45, 2.75) is 0 Å². The highest BCUT2D eigenvalue weighted by Crippen LogP contribution is 2.14. The Morgan fingerprint density at radius 2 is 2.47 bits per heavy atom. The Hall–Kier alpha value is -2.35. The number of pyridine rings is 1. The molecule has 0 unspecified atom stereocenters. The molecule has 0 bridgehead atoms. The molecule has 0 aliphatic rings. The van der Waals surface area contributed by atoms with Gasteiger partial charge in [0.15, 0.2) is 5.82 Å². The molecule has 15 heavy (non-hydrogen) atoms. The number of nitrogens with one attached hydrogen (secondary N) is 1. The van der Waals surface area contributed by atoms with Crippen LogP contribution in [0.5, 0.6) is 0 Å². The lowest BCUT2D eigenvalue weighted by molar-refractivity contribution is 0.846. The van der Waals surface area contributed by atoms with Gasteiger partial charge < -0.3 is 5.32 Å². The zero-order chi connectivity index (χ0) is 10.5. The van der Waals surface area contributed by atoms with E-state index in [9.17, 15) is 0 Å². The zero-order valence-electron chi connectivity index (χ0n) is 7.96. The first-order chi connectivity index (χ1) is 7.42. The summed E-state index contributed by atoms with van der Waals surface area (Å²) < 4.78 is 1.58. The van der Waals surface area contributed by atoms with Crippen molar-refractivity contribution in [1.82, 2.24) is 19.7 Å². The van der Waals surface area contributed by atoms with Crippen LogP contribution in [0.1, 0.15) is 0 Å². The maximum atomic E-state index is 5.18. The van der Waals surface area contributed by atoms with Gasteiger partial charge >= 0.3 is 0 Å². The Morgan fingerprint density at radius 3 is 3.20 bits per heavy atom. The first-order valence-electron chi connectivity index (χ1n) is 4.39. The molecular weight excluding hydrogens is 190 g/mol. The zero-order valence-corrected chi connectivity index (χ0v) is 7.96. The molecule has 2 heterocycles. The van der Waals surface area contributed by atoms with Crippen LogP contribution in [-0.4, -0.2) is 26.3 Å². The maximum absolute atomic E-state index is 5.18. The van der Waals surface area contributed by atoms with Gasteiger partial charge in [-0.1, -0.05) is 5.92 Å². The van der Waals surface area contributed by atoms with Gasteiger partial charge in [-0.25, -0.2) is 14.6 Å². The minimum Gasteiger partial charge on any atom is -0.371 e. The summed E-state index contributed by atoms with van der Waals surface area (Å²) in [7, 11) is 0. The van der Waals surface area contributed by atoms with Gasteiger partial charge in [0.2, 0.25) is 0 Å². The van der Waals surface area contributed by atoms with Crippen molar-refractivity contribution in [2.24, 2.45) is 0 Å². The van der Waals surface area contributed by atoms with Crippen LogP contribution >= 0.6 is 0 Å². The van der Waals surface area contributed by atoms with Crippen LogP contribution in [0, 0.1) is 12.3 Å². The van der Waals surface area contributed by atoms with Gasteiger partial charge in [-0.2, -0.15) is 5.10 Å². The van der Waals surface area contributed by atoms with Crippen molar-refractivity contribution >= 4 is 5.69 Å². The highest BCUT2D eigenvalue weighted by molar-refractivity contribution is 5.56. The molecule has 0 saturated heterocycles. The van der Waals surface area contributed by atoms with Gasteiger partial charge in [0.25, 0.3) is 0 Å². The van der Waals surface area contributed by atoms with E-state index in [1.165, 1.54) is 6.33 Å². The standard InChI is InChI=1S/C10H9N5/c1-2-5-12-9-4-3-6-13-10(9)15-8-11-7-14-15/h1,3-4,6-8,12H,5H2. The minimum absolute atomic E-state index is 0.452. The van der Waals surface area contributed by atoms with Crippen LogP contribution in [0.3, 0.4) is 0 Å². The van der Waals surface area contributed by atoms with Crippen molar-refractivity contribution in [3.05, 3.63) is 31.0 Å². The summed E-state index contributed by atoms with van der Waals surface area (Å²) in [5.41, 5.74) is 0.834. The van der Waals surface area contributed by atoms with Crippen LogP contribution in [0.25, 0.3) is 5.82 Å². The molecule has 0 saturated carbocycles. The molecule has 0 aliphatic carbocycles. The SMILES string of the molecule is C#CCNc1cccnc1-n1cncn1. The van der Waals surface area contributed by atoms with E-state index >= 15 is 0 Å². The molecule has 2 rings (SSSR count). The fraction of sp³-hybridized carbons (Fsp3) is 0.100. The summed E-state index contributed by atoms with van der Waals surface area (Å²) in [5, 5.41) is 7.07. The van der Waals surface area contributed by atoms with E-state index in [1.54, 1.807) is 17.2 Å². The predicted octanol–water partition coefficient (Wildman–Crippen LogP) is 0.707. The maximum Gasteiger partial charge on any atom is 0.178 e. The Balaban J connectivity index is 2.35. The van der Waals surface area contributed by atoms with Crippen LogP contribution in [0.2, 0.25) is 0 Å². The van der Waals surface area contributed by atoms with E-state index in [0.717, 1.165) is 5.69 Å². The molecule has 0 aromatic carbocycles. The summed E-state index contributed by atoms with van der Waals surface area (Å²) in [6, 6.07) is 3.72. The highest BCUT2D eigenvalue weighted by atomic mass is 15.3. The fourth-order valence-corrected chi connectivity index (χ4v) is 1.18. The molecule has 0 atom stereocenters. The van der Waals surface area contributed by atoms with Crippen LogP contribution < -0.4 is 5.32 Å². The van der Waals surface area contributed by atoms with Crippen LogP contribution in [-0.2, 0) is 0 Å². The Morgan fingerprint density at radius 1 is 1.53 bits per heavy atom. The normalized spacial score (nSPS) is 9.53. The lowest BCUT2D eigenvalue weighted by atomic mass is 10.4. The molecule has 0 spiro atoms. The van der Waals surface area contributed by atoms with Crippen molar-refractivity contribution in [1.29, 1.82) is 0 Å². The van der Waals surface area contributed by atoms with Crippen LogP contribution in [0.15, 0.2) is 31.0 Å². The first-order valence-corrected chi connectivity index (χ1v) is 4.39. The second kappa shape index (κ2) is 4.24. The second-order valence-corrected chi connectivity index (χ2v) is 2.77. The molecule has 1 N–H and O–H groups in total. The minimum atomic E-state index is 0.452. The Bertz CT molecular complexity index is 469. The number of rotatable bonds is 3. The van der Waals surface area contributed by atoms with E-state index in [2.05, 4.69) is 26.3 Å². The Labute approximate surface area is 87.2 Å². The molecule has 74 valence electrons. The van der Waals surface area contributed by atoms with E-state index < -0.39 is 0 Å². The quantitative estimate of drug-likeness (QED) is 0.739. The molecule has 0 radical (unpaired) electrons. The van der Waals surface area contributed by atoms with E-state index in [4.69, 9.17) is 6.42 Å². The van der Waals surface area contributed by atoms with E-state index in [1.807, 2.05) is 12.1 Å². The molecular formula is C10H9N5. The molecule has 2 aromatic heterocycles. The van der Waals surface area contributed by atoms with E-state index in [-0.39, 0.29) is 0 Å². The predicted molar refractivity (Wildman–Crippen MR) is 56.5 cm³/mol. The highest BCUT2D eigenvalue weighted by Gasteiger charge is 2.04. The first kappa shape index (κ1) is 9.21. The molecule has 0 amide bonds. The molecule has 0 aliphatic heterocycles. The Kier molecular flexibility index (Phi) is 2.61. The third-order valence-electron chi connectivity index (χ3n) is 1.80. The van der Waals surface area contributed by atoms with Crippen molar-refractivity contribution in [3.8, 4) is 18.2 Å². The number of terminal acetylenes is 1. The molecule has 0 fully saturated rings. The largest absolute Gasteiger partial charge is 0.371 e. The second-order valence-electron chi connectivity index (χ2n) is 2.77. The topological polar surface area (TPSA) is 55.6 Å². The molecule has 2 aromatic rings. The fourth-order valence-electron chi connectivity index (χ4n) is 1.18. The van der Waals surface area contributed by atoms with Gasteiger partial charge in [0.05, 0.1) is 12.2 Å². The van der Waals surface area contributed by atoms with Gasteiger partial charge in [-0.15, -0.1) is 6.42 Å². The van der Waals surface area contributed by atoms with E-state index in [0.29, 0.717) is 12.4 Å². The molecule has 5 heteroatoms. The smallest absolute Gasteiger partial charge is 0.178 e. The number of hydrogen-bond acceptors (Lipinski definition) is 4. The number of nitrogens with zero attached hydrogens (tertiary/aromatic N) is 4. The van der Waals surface area contributed by atoms with Crippen LogP contribution in [0.4, 0.5) is 5.69 Å². The molecule has 5 nitrogen and oxygen atoms in total. The van der Waals surface area contributed by atoms with Gasteiger partial charge in [-0.05, 0) is 12.1 Å². The summed E-state index contributed by atoms with van der Waals surface area (Å²) in [5.74, 6) is 3.19. The third-order valence-corrected chi connectivity index (χ3v) is 1.80. The average Bonchev–Trinajstić information content (AvgIpc) is 2.80. The van der Waals surface area contributed by atoms with Crippen molar-refractivity contribution < 1.29 is 0 Å². The lowest BCUT2D eigenvalue weighted by Crippen LogP contribution is -2.06. The summed E-state index contributed by atoms with van der Waals surface area (Å²) >= 11 is 0. The third kappa shape index (κ3) is 1.94. The van der Waals surface area contributed by atoms with Crippen molar-refractivity contribution in [3.63, 3.8) is 0 Å². The lowest BCUT2D eigenvalue weighted by Gasteiger charge is -2.07. The monoisotopic (exact) mass is 199 g/mol. The number of aromatic nitrogens is 4. The summed E-state index contributed by atoms with van der Waals surface area (Å²) in [4.78, 5) is 8.07. The number of anilines is 1. The summed E-state index contributed by atoms with van der Waals surface area (Å²) in [6.45, 7) is 0.452. The number of hydrogen-bond donors (Lipinski definition) is 1.